The van der Waals surface area contributed by atoms with Crippen molar-refractivity contribution >= 4 is 28.1 Å². The van der Waals surface area contributed by atoms with Crippen LogP contribution in [0.3, 0.4) is 0 Å². The van der Waals surface area contributed by atoms with Crippen LogP contribution in [0.1, 0.15) is 28.8 Å². The molecule has 0 unspecified atom stereocenters. The van der Waals surface area contributed by atoms with E-state index in [1.165, 1.54) is 37.4 Å². The zero-order valence-corrected chi connectivity index (χ0v) is 13.9. The molecule has 0 aliphatic carbocycles. The summed E-state index contributed by atoms with van der Waals surface area (Å²) in [6.45, 7) is 1.29. The van der Waals surface area contributed by atoms with E-state index in [-0.39, 0.29) is 17.1 Å². The lowest BCUT2D eigenvalue weighted by Crippen LogP contribution is -2.18. The van der Waals surface area contributed by atoms with Gasteiger partial charge in [0.1, 0.15) is 18.1 Å². The lowest BCUT2D eigenvalue weighted by atomic mass is 10.2. The lowest BCUT2D eigenvalue weighted by Gasteiger charge is -2.01. The van der Waals surface area contributed by atoms with E-state index >= 15 is 0 Å². The number of carbonyl (C=O) groups is 2. The summed E-state index contributed by atoms with van der Waals surface area (Å²) in [6.07, 6.45) is 1.27. The van der Waals surface area contributed by atoms with E-state index < -0.39 is 21.9 Å². The van der Waals surface area contributed by atoms with Crippen molar-refractivity contribution < 1.29 is 27.2 Å². The molecule has 0 saturated heterocycles. The SMILES string of the molecule is CC(=O)OCc1ccc(/C=N/NC(=O)c2ccc(S(N)(=O)=O)cc2)o1. The maximum atomic E-state index is 11.9. The van der Waals surface area contributed by atoms with Crippen LogP contribution in [0.15, 0.2) is 50.8 Å². The van der Waals surface area contributed by atoms with Gasteiger partial charge in [0.25, 0.3) is 5.91 Å². The van der Waals surface area contributed by atoms with Gasteiger partial charge in [0.05, 0.1) is 11.1 Å². The van der Waals surface area contributed by atoms with Crippen LogP contribution >= 0.6 is 0 Å². The van der Waals surface area contributed by atoms with Gasteiger partial charge in [-0.15, -0.1) is 0 Å². The number of primary sulfonamides is 1. The third kappa shape index (κ3) is 5.55. The molecule has 9 nitrogen and oxygen atoms in total. The Morgan fingerprint density at radius 1 is 1.24 bits per heavy atom. The van der Waals surface area contributed by atoms with Crippen LogP contribution in [0.25, 0.3) is 0 Å². The summed E-state index contributed by atoms with van der Waals surface area (Å²) in [4.78, 5) is 22.5. The Morgan fingerprint density at radius 2 is 1.92 bits per heavy atom. The minimum absolute atomic E-state index is 0.00588. The van der Waals surface area contributed by atoms with Crippen molar-refractivity contribution in [3.8, 4) is 0 Å². The van der Waals surface area contributed by atoms with Gasteiger partial charge < -0.3 is 9.15 Å². The largest absolute Gasteiger partial charge is 0.458 e. The summed E-state index contributed by atoms with van der Waals surface area (Å²) >= 11 is 0. The highest BCUT2D eigenvalue weighted by atomic mass is 32.2. The molecule has 1 aromatic heterocycles. The molecule has 0 saturated carbocycles. The fourth-order valence-electron chi connectivity index (χ4n) is 1.73. The van der Waals surface area contributed by atoms with Crippen molar-refractivity contribution in [1.82, 2.24) is 5.43 Å². The van der Waals surface area contributed by atoms with E-state index in [1.807, 2.05) is 0 Å². The number of ether oxygens (including phenoxy) is 1. The molecule has 1 aromatic carbocycles. The molecular formula is C15H15N3O6S. The summed E-state index contributed by atoms with van der Waals surface area (Å²) in [5.74, 6) is -0.176. The molecule has 2 rings (SSSR count). The molecule has 0 atom stereocenters. The first-order valence-corrected chi connectivity index (χ1v) is 8.48. The van der Waals surface area contributed by atoms with Gasteiger partial charge in [-0.05, 0) is 36.4 Å². The Hall–Kier alpha value is -2.98. The average molecular weight is 365 g/mol. The molecular weight excluding hydrogens is 350 g/mol. The number of hydrazone groups is 1. The number of carbonyl (C=O) groups excluding carboxylic acids is 2. The number of nitrogens with two attached hydrogens (primary N) is 1. The maximum absolute atomic E-state index is 11.9. The zero-order chi connectivity index (χ0) is 18.4. The van der Waals surface area contributed by atoms with E-state index in [0.29, 0.717) is 11.5 Å². The number of nitrogens with one attached hydrogen (secondary N) is 1. The normalized spacial score (nSPS) is 11.4. The Morgan fingerprint density at radius 3 is 2.52 bits per heavy atom. The summed E-state index contributed by atoms with van der Waals surface area (Å²) < 4.78 is 32.4. The van der Waals surface area contributed by atoms with Gasteiger partial charge >= 0.3 is 5.97 Å². The molecule has 1 heterocycles. The van der Waals surface area contributed by atoms with E-state index in [9.17, 15) is 18.0 Å². The Bertz CT molecular complexity index is 900. The van der Waals surface area contributed by atoms with Crippen molar-refractivity contribution in [2.24, 2.45) is 10.2 Å². The standard InChI is InChI=1S/C15H15N3O6S/c1-10(19)23-9-13-5-4-12(24-13)8-17-18-15(20)11-2-6-14(7-3-11)25(16,21)22/h2-8H,9H2,1H3,(H,18,20)(H2,16,21,22)/b17-8+. The molecule has 3 N–H and O–H groups in total. The second-order valence-electron chi connectivity index (χ2n) is 4.85. The molecule has 2 aromatic rings. The fraction of sp³-hybridized carbons (Fsp3) is 0.133. The highest BCUT2D eigenvalue weighted by Crippen LogP contribution is 2.09. The fourth-order valence-corrected chi connectivity index (χ4v) is 2.24. The average Bonchev–Trinajstić information content (AvgIpc) is 3.00. The molecule has 0 spiro atoms. The first kappa shape index (κ1) is 18.4. The van der Waals surface area contributed by atoms with Crippen LogP contribution in [0.4, 0.5) is 0 Å². The molecule has 132 valence electrons. The number of sulfonamides is 1. The topological polar surface area (TPSA) is 141 Å². The zero-order valence-electron chi connectivity index (χ0n) is 13.1. The van der Waals surface area contributed by atoms with Crippen molar-refractivity contribution in [3.63, 3.8) is 0 Å². The summed E-state index contributed by atoms with van der Waals surface area (Å²) in [6, 6.07) is 8.28. The quantitative estimate of drug-likeness (QED) is 0.440. The number of amides is 1. The lowest BCUT2D eigenvalue weighted by molar-refractivity contribution is -0.142. The van der Waals surface area contributed by atoms with Crippen molar-refractivity contribution in [1.29, 1.82) is 0 Å². The number of rotatable bonds is 6. The Labute approximate surface area is 143 Å². The summed E-state index contributed by atoms with van der Waals surface area (Å²) in [7, 11) is -3.81. The first-order chi connectivity index (χ1) is 11.8. The molecule has 0 bridgehead atoms. The second kappa shape index (κ2) is 7.73. The molecule has 10 heteroatoms. The molecule has 0 aliphatic rings. The molecule has 0 aliphatic heterocycles. The predicted octanol–water partition coefficient (Wildman–Crippen LogP) is 0.754. The van der Waals surface area contributed by atoms with Crippen LogP contribution in [-0.4, -0.2) is 26.5 Å². The molecule has 0 radical (unpaired) electrons. The molecule has 25 heavy (non-hydrogen) atoms. The number of nitrogens with zero attached hydrogens (tertiary/aromatic N) is 1. The summed E-state index contributed by atoms with van der Waals surface area (Å²) in [5.41, 5.74) is 2.48. The van der Waals surface area contributed by atoms with Crippen molar-refractivity contribution in [2.75, 3.05) is 0 Å². The third-order valence-corrected chi connectivity index (χ3v) is 3.83. The van der Waals surface area contributed by atoms with Crippen LogP contribution < -0.4 is 10.6 Å². The van der Waals surface area contributed by atoms with Gasteiger partial charge in [-0.3, -0.25) is 9.59 Å². The van der Waals surface area contributed by atoms with Gasteiger partial charge in [-0.1, -0.05) is 0 Å². The van der Waals surface area contributed by atoms with Crippen LogP contribution in [-0.2, 0) is 26.2 Å². The minimum Gasteiger partial charge on any atom is -0.458 e. The number of benzene rings is 1. The smallest absolute Gasteiger partial charge is 0.303 e. The van der Waals surface area contributed by atoms with Gasteiger partial charge in [0, 0.05) is 12.5 Å². The summed E-state index contributed by atoms with van der Waals surface area (Å²) in [5, 5.41) is 8.71. The number of furan rings is 1. The van der Waals surface area contributed by atoms with Crippen molar-refractivity contribution in [3.05, 3.63) is 53.5 Å². The highest BCUT2D eigenvalue weighted by Gasteiger charge is 2.10. The number of hydrogen-bond acceptors (Lipinski definition) is 7. The van der Waals surface area contributed by atoms with Crippen LogP contribution in [0, 0.1) is 0 Å². The van der Waals surface area contributed by atoms with Crippen LogP contribution in [0.5, 0.6) is 0 Å². The number of hydrogen-bond donors (Lipinski definition) is 2. The Kier molecular flexibility index (Phi) is 5.67. The van der Waals surface area contributed by atoms with E-state index in [0.717, 1.165) is 0 Å². The maximum Gasteiger partial charge on any atom is 0.303 e. The number of esters is 1. The highest BCUT2D eigenvalue weighted by molar-refractivity contribution is 7.89. The van der Waals surface area contributed by atoms with Gasteiger partial charge in [-0.25, -0.2) is 19.0 Å². The molecule has 0 fully saturated rings. The second-order valence-corrected chi connectivity index (χ2v) is 6.41. The van der Waals surface area contributed by atoms with Gasteiger partial charge in [-0.2, -0.15) is 5.10 Å². The van der Waals surface area contributed by atoms with Gasteiger partial charge in [0.2, 0.25) is 10.0 Å². The Balaban J connectivity index is 1.93. The molecule has 1 amide bonds. The van der Waals surface area contributed by atoms with E-state index in [1.54, 1.807) is 12.1 Å². The third-order valence-electron chi connectivity index (χ3n) is 2.90. The monoisotopic (exact) mass is 365 g/mol. The van der Waals surface area contributed by atoms with E-state index in [2.05, 4.69) is 10.5 Å². The van der Waals surface area contributed by atoms with E-state index in [4.69, 9.17) is 14.3 Å². The predicted molar refractivity (Wildman–Crippen MR) is 87.1 cm³/mol. The van der Waals surface area contributed by atoms with Gasteiger partial charge in [0.15, 0.2) is 0 Å². The minimum atomic E-state index is -3.81. The first-order valence-electron chi connectivity index (χ1n) is 6.94. The van der Waals surface area contributed by atoms with Crippen LogP contribution in [0.2, 0.25) is 0 Å². The van der Waals surface area contributed by atoms with Crippen molar-refractivity contribution in [2.45, 2.75) is 18.4 Å².